The zero-order valence-electron chi connectivity index (χ0n) is 12.2. The maximum absolute atomic E-state index is 9.03. The first-order chi connectivity index (χ1) is 9.82. The van der Waals surface area contributed by atoms with Crippen LogP contribution >= 0.6 is 15.9 Å². The second-order valence-electron chi connectivity index (χ2n) is 3.79. The molecule has 0 spiro atoms. The first-order valence-electron chi connectivity index (χ1n) is 5.71. The summed E-state index contributed by atoms with van der Waals surface area (Å²) in [4.78, 5) is 27.0. The van der Waals surface area contributed by atoms with Crippen LogP contribution in [0.4, 0.5) is 0 Å². The van der Waals surface area contributed by atoms with Crippen molar-refractivity contribution in [2.45, 2.75) is 44.1 Å². The van der Waals surface area contributed by atoms with E-state index in [-0.39, 0.29) is 6.61 Å². The van der Waals surface area contributed by atoms with E-state index >= 15 is 0 Å². The van der Waals surface area contributed by atoms with Gasteiger partial charge in [0.15, 0.2) is 0 Å². The molecule has 0 radical (unpaired) electrons. The summed E-state index contributed by atoms with van der Waals surface area (Å²) in [5.41, 5.74) is 0. The highest BCUT2D eigenvalue weighted by Gasteiger charge is 2.35. The predicted molar refractivity (Wildman–Crippen MR) is 76.6 cm³/mol. The maximum atomic E-state index is 9.03. The Bertz CT molecular complexity index is 280. The molecule has 1 aliphatic heterocycles. The molecular formula is C11H21BrO10. The topological polar surface area (TPSA) is 182 Å². The van der Waals surface area contributed by atoms with Crippen molar-refractivity contribution in [3.8, 4) is 0 Å². The van der Waals surface area contributed by atoms with E-state index in [1.165, 1.54) is 0 Å². The van der Waals surface area contributed by atoms with Crippen LogP contribution < -0.4 is 0 Å². The van der Waals surface area contributed by atoms with Crippen LogP contribution in [0.5, 0.6) is 0 Å². The maximum Gasteiger partial charge on any atom is 0.300 e. The van der Waals surface area contributed by atoms with Crippen LogP contribution in [0.1, 0.15) is 20.8 Å². The van der Waals surface area contributed by atoms with Gasteiger partial charge in [0.05, 0.1) is 6.61 Å². The summed E-state index contributed by atoms with van der Waals surface area (Å²) in [6, 6.07) is 0. The highest BCUT2D eigenvalue weighted by atomic mass is 79.9. The third-order valence-electron chi connectivity index (χ3n) is 1.44. The Morgan fingerprint density at radius 1 is 0.864 bits per heavy atom. The smallest absolute Gasteiger partial charge is 0.300 e. The summed E-state index contributed by atoms with van der Waals surface area (Å²) in [6.07, 6.45) is -3.15. The zero-order valence-corrected chi connectivity index (χ0v) is 13.8. The molecule has 4 atom stereocenters. The average molecular weight is 393 g/mol. The lowest BCUT2D eigenvalue weighted by molar-refractivity contribution is -0.159. The van der Waals surface area contributed by atoms with Crippen molar-refractivity contribution in [1.82, 2.24) is 0 Å². The summed E-state index contributed by atoms with van der Waals surface area (Å²) in [6.45, 7) is 3.30. The fourth-order valence-corrected chi connectivity index (χ4v) is 1.24. The van der Waals surface area contributed by atoms with Gasteiger partial charge in [0.2, 0.25) is 0 Å². The second-order valence-corrected chi connectivity index (χ2v) is 4.69. The molecule has 1 rings (SSSR count). The molecule has 0 aromatic carbocycles. The molecule has 1 unspecified atom stereocenters. The van der Waals surface area contributed by atoms with Gasteiger partial charge in [-0.15, -0.1) is 0 Å². The van der Waals surface area contributed by atoms with Crippen molar-refractivity contribution in [2.24, 2.45) is 0 Å². The van der Waals surface area contributed by atoms with Crippen molar-refractivity contribution >= 4 is 33.8 Å². The van der Waals surface area contributed by atoms with Crippen molar-refractivity contribution in [2.75, 3.05) is 6.61 Å². The lowest BCUT2D eigenvalue weighted by atomic mass is 10.1. The minimum Gasteiger partial charge on any atom is -0.481 e. The lowest BCUT2D eigenvalue weighted by Crippen LogP contribution is -2.50. The fourth-order valence-electron chi connectivity index (χ4n) is 0.770. The summed E-state index contributed by atoms with van der Waals surface area (Å²) in [7, 11) is 0. The Kier molecular flexibility index (Phi) is 17.1. The summed E-state index contributed by atoms with van der Waals surface area (Å²) in [5, 5.41) is 48.6. The number of hydrogen-bond acceptors (Lipinski definition) is 7. The highest BCUT2D eigenvalue weighted by Crippen LogP contribution is 2.19. The van der Waals surface area contributed by atoms with Crippen LogP contribution in [0.25, 0.3) is 0 Å². The molecule has 0 amide bonds. The van der Waals surface area contributed by atoms with Gasteiger partial charge in [-0.25, -0.2) is 0 Å². The Morgan fingerprint density at radius 3 is 1.36 bits per heavy atom. The average Bonchev–Trinajstić information content (AvgIpc) is 2.29. The number of alkyl halides is 1. The number of halogens is 1. The van der Waals surface area contributed by atoms with E-state index in [4.69, 9.17) is 49.8 Å². The van der Waals surface area contributed by atoms with Gasteiger partial charge in [-0.1, -0.05) is 15.9 Å². The van der Waals surface area contributed by atoms with Crippen LogP contribution in [0.2, 0.25) is 0 Å². The highest BCUT2D eigenvalue weighted by molar-refractivity contribution is 9.09. The van der Waals surface area contributed by atoms with E-state index in [1.54, 1.807) is 0 Å². The van der Waals surface area contributed by atoms with Gasteiger partial charge in [0.1, 0.15) is 23.3 Å². The first-order valence-corrected chi connectivity index (χ1v) is 6.62. The molecular weight excluding hydrogens is 372 g/mol. The molecule has 1 heterocycles. The van der Waals surface area contributed by atoms with E-state index in [2.05, 4.69) is 15.9 Å². The first kappa shape index (κ1) is 25.7. The third kappa shape index (κ3) is 23.8. The fraction of sp³-hybridized carbons (Fsp3) is 0.727. The van der Waals surface area contributed by atoms with Gasteiger partial charge in [0.25, 0.3) is 17.9 Å². The number of aliphatic carboxylic acids is 3. The molecule has 10 nitrogen and oxygen atoms in total. The molecule has 132 valence electrons. The van der Waals surface area contributed by atoms with E-state index in [0.717, 1.165) is 20.8 Å². The minimum atomic E-state index is -1.11. The van der Waals surface area contributed by atoms with Crippen LogP contribution in [0.15, 0.2) is 0 Å². The number of carbonyl (C=O) groups is 3. The van der Waals surface area contributed by atoms with E-state index in [9.17, 15) is 0 Å². The van der Waals surface area contributed by atoms with Gasteiger partial charge >= 0.3 is 0 Å². The normalized spacial score (nSPS) is 25.8. The molecule has 0 saturated carbocycles. The van der Waals surface area contributed by atoms with E-state index < -0.39 is 41.2 Å². The van der Waals surface area contributed by atoms with Crippen molar-refractivity contribution in [3.05, 3.63) is 0 Å². The molecule has 0 bridgehead atoms. The number of aliphatic hydroxyl groups excluding tert-OH is 3. The molecule has 1 aliphatic rings. The molecule has 0 aromatic heterocycles. The molecule has 6 N–H and O–H groups in total. The summed E-state index contributed by atoms with van der Waals surface area (Å²) < 4.78 is 4.83. The molecule has 0 aliphatic carbocycles. The second kappa shape index (κ2) is 14.7. The Balaban J connectivity index is -0.000000253. The monoisotopic (exact) mass is 392 g/mol. The standard InChI is InChI=1S/C5H9BrO4.3C2H4O2/c6-5-4(9)3(8)2(7)1-10-5;3*1-2(3)4/h2-5,7-9H,1H2;3*1H3,(H,3,4)/t2-,3-,4+,5?;;;/m1.../s1. The quantitative estimate of drug-likeness (QED) is 0.282. The molecule has 1 fully saturated rings. The van der Waals surface area contributed by atoms with Gasteiger partial charge in [-0.3, -0.25) is 14.4 Å². The molecule has 22 heavy (non-hydrogen) atoms. The Labute approximate surface area is 135 Å². The number of rotatable bonds is 0. The number of hydrogen-bond donors (Lipinski definition) is 6. The summed E-state index contributed by atoms with van der Waals surface area (Å²) in [5.74, 6) is -2.50. The number of carboxylic acid groups (broad SMARTS) is 3. The van der Waals surface area contributed by atoms with Crippen molar-refractivity contribution in [1.29, 1.82) is 0 Å². The molecule has 11 heteroatoms. The molecule has 0 aromatic rings. The van der Waals surface area contributed by atoms with Crippen molar-refractivity contribution < 1.29 is 49.8 Å². The number of carboxylic acids is 3. The van der Waals surface area contributed by atoms with Gasteiger partial charge in [-0.2, -0.15) is 0 Å². The Hall–Kier alpha value is -1.27. The minimum absolute atomic E-state index is 0.0497. The van der Waals surface area contributed by atoms with Crippen molar-refractivity contribution in [3.63, 3.8) is 0 Å². The molecule has 1 saturated heterocycles. The van der Waals surface area contributed by atoms with E-state index in [1.807, 2.05) is 0 Å². The lowest BCUT2D eigenvalue weighted by Gasteiger charge is -2.31. The summed E-state index contributed by atoms with van der Waals surface area (Å²) >= 11 is 2.98. The number of aliphatic hydroxyl groups is 3. The largest absolute Gasteiger partial charge is 0.481 e. The van der Waals surface area contributed by atoms with Crippen LogP contribution in [0, 0.1) is 0 Å². The predicted octanol–water partition coefficient (Wildman–Crippen LogP) is -0.907. The van der Waals surface area contributed by atoms with Crippen LogP contribution in [0.3, 0.4) is 0 Å². The number of ether oxygens (including phenoxy) is 1. The zero-order chi connectivity index (χ0) is 18.5. The third-order valence-corrected chi connectivity index (χ3v) is 2.24. The SMILES string of the molecule is CC(=O)O.CC(=O)O.CC(=O)O.O[C@@H]1[C@H](O)COC(Br)[C@H]1O. The van der Waals surface area contributed by atoms with Crippen LogP contribution in [-0.2, 0) is 19.1 Å². The van der Waals surface area contributed by atoms with Crippen LogP contribution in [-0.4, -0.2) is 78.5 Å². The van der Waals surface area contributed by atoms with Gasteiger partial charge in [0, 0.05) is 20.8 Å². The Morgan fingerprint density at radius 2 is 1.14 bits per heavy atom. The van der Waals surface area contributed by atoms with E-state index in [0.29, 0.717) is 0 Å². The van der Waals surface area contributed by atoms with Gasteiger partial charge < -0.3 is 35.4 Å². The van der Waals surface area contributed by atoms with Gasteiger partial charge in [-0.05, 0) is 0 Å².